The lowest BCUT2D eigenvalue weighted by Gasteiger charge is -2.20. The second kappa shape index (κ2) is 8.73. The molecule has 0 heterocycles. The van der Waals surface area contributed by atoms with E-state index >= 15 is 0 Å². The summed E-state index contributed by atoms with van der Waals surface area (Å²) in [6.45, 7) is 6.17. The number of unbranched alkanes of at least 4 members (excludes halogenated alkanes) is 1. The minimum absolute atomic E-state index is 0.00169. The smallest absolute Gasteiger partial charge is 0.219 e. The van der Waals surface area contributed by atoms with Crippen molar-refractivity contribution in [1.29, 1.82) is 0 Å². The minimum Gasteiger partial charge on any atom is -0.355 e. The molecule has 0 aliphatic rings. The lowest BCUT2D eigenvalue weighted by molar-refractivity contribution is -0.129. The van der Waals surface area contributed by atoms with E-state index in [9.17, 15) is 14.4 Å². The molecular formula is C12H22N2O3. The lowest BCUT2D eigenvalue weighted by Crippen LogP contribution is -2.37. The molecule has 0 saturated carbocycles. The predicted molar refractivity (Wildman–Crippen MR) is 65.5 cm³/mol. The first-order chi connectivity index (χ1) is 7.93. The fourth-order valence-corrected chi connectivity index (χ4v) is 1.47. The van der Waals surface area contributed by atoms with E-state index in [0.717, 1.165) is 12.8 Å². The Kier molecular flexibility index (Phi) is 8.01. The van der Waals surface area contributed by atoms with Gasteiger partial charge in [0.2, 0.25) is 11.8 Å². The Morgan fingerprint density at radius 1 is 1.00 bits per heavy atom. The van der Waals surface area contributed by atoms with Crippen LogP contribution in [0.2, 0.25) is 0 Å². The molecular weight excluding hydrogens is 220 g/mol. The zero-order chi connectivity index (χ0) is 13.3. The van der Waals surface area contributed by atoms with Crippen LogP contribution in [0.1, 0.15) is 40.0 Å². The Morgan fingerprint density at radius 2 is 1.65 bits per heavy atom. The summed E-state index contributed by atoms with van der Waals surface area (Å²) >= 11 is 0. The molecule has 0 atom stereocenters. The third kappa shape index (κ3) is 9.53. The molecule has 0 unspecified atom stereocenters. The molecule has 0 radical (unpaired) electrons. The van der Waals surface area contributed by atoms with Gasteiger partial charge in [0.05, 0.1) is 0 Å². The van der Waals surface area contributed by atoms with E-state index in [1.807, 2.05) is 0 Å². The predicted octanol–water partition coefficient (Wildman–Crippen LogP) is 0.730. The van der Waals surface area contributed by atoms with E-state index in [1.165, 1.54) is 13.8 Å². The molecule has 0 spiro atoms. The molecule has 0 aliphatic carbocycles. The number of hydrogen-bond acceptors (Lipinski definition) is 3. The summed E-state index contributed by atoms with van der Waals surface area (Å²) in [5, 5.41) is 2.65. The number of Topliss-reactive ketones (excluding diaryl/α,β-unsaturated/α-hetero) is 1. The number of amides is 2. The van der Waals surface area contributed by atoms with Crippen LogP contribution in [0.4, 0.5) is 0 Å². The SMILES string of the molecule is CC(=O)CCCCN(CCNC(C)=O)C(C)=O. The Morgan fingerprint density at radius 3 is 2.12 bits per heavy atom. The summed E-state index contributed by atoms with van der Waals surface area (Å²) in [4.78, 5) is 34.4. The summed E-state index contributed by atoms with van der Waals surface area (Å²) in [6, 6.07) is 0. The van der Waals surface area contributed by atoms with Gasteiger partial charge in [0.1, 0.15) is 5.78 Å². The van der Waals surface area contributed by atoms with Crippen molar-refractivity contribution in [2.75, 3.05) is 19.6 Å². The van der Waals surface area contributed by atoms with Crippen LogP contribution in [0.3, 0.4) is 0 Å². The van der Waals surface area contributed by atoms with Crippen molar-refractivity contribution in [1.82, 2.24) is 10.2 Å². The van der Waals surface area contributed by atoms with Gasteiger partial charge < -0.3 is 15.0 Å². The second-order valence-electron chi connectivity index (χ2n) is 4.15. The fraction of sp³-hybridized carbons (Fsp3) is 0.750. The quantitative estimate of drug-likeness (QED) is 0.638. The van der Waals surface area contributed by atoms with E-state index in [0.29, 0.717) is 26.1 Å². The second-order valence-corrected chi connectivity index (χ2v) is 4.15. The molecule has 0 aromatic carbocycles. The van der Waals surface area contributed by atoms with Crippen molar-refractivity contribution in [2.24, 2.45) is 0 Å². The minimum atomic E-state index is -0.0925. The highest BCUT2D eigenvalue weighted by Crippen LogP contribution is 2.00. The average Bonchev–Trinajstić information content (AvgIpc) is 2.20. The largest absolute Gasteiger partial charge is 0.355 e. The maximum Gasteiger partial charge on any atom is 0.219 e. The maximum atomic E-state index is 11.3. The highest BCUT2D eigenvalue weighted by molar-refractivity contribution is 5.75. The zero-order valence-electron chi connectivity index (χ0n) is 10.9. The van der Waals surface area contributed by atoms with E-state index in [1.54, 1.807) is 11.8 Å². The van der Waals surface area contributed by atoms with Gasteiger partial charge in [-0.2, -0.15) is 0 Å². The van der Waals surface area contributed by atoms with Crippen molar-refractivity contribution in [2.45, 2.75) is 40.0 Å². The van der Waals surface area contributed by atoms with Gasteiger partial charge in [-0.1, -0.05) is 0 Å². The first-order valence-corrected chi connectivity index (χ1v) is 5.93. The van der Waals surface area contributed by atoms with Gasteiger partial charge in [0, 0.05) is 39.9 Å². The van der Waals surface area contributed by atoms with Gasteiger partial charge in [-0.15, -0.1) is 0 Å². The molecule has 0 aliphatic heterocycles. The Bertz CT molecular complexity index is 277. The third-order valence-electron chi connectivity index (χ3n) is 2.41. The number of ketones is 1. The number of nitrogens with one attached hydrogen (secondary N) is 1. The number of rotatable bonds is 8. The van der Waals surface area contributed by atoms with E-state index in [-0.39, 0.29) is 17.6 Å². The van der Waals surface area contributed by atoms with Crippen LogP contribution < -0.4 is 5.32 Å². The van der Waals surface area contributed by atoms with Crippen LogP contribution in [0.25, 0.3) is 0 Å². The fourth-order valence-electron chi connectivity index (χ4n) is 1.47. The van der Waals surface area contributed by atoms with Gasteiger partial charge in [-0.05, 0) is 19.8 Å². The molecule has 1 N–H and O–H groups in total. The highest BCUT2D eigenvalue weighted by atomic mass is 16.2. The van der Waals surface area contributed by atoms with Gasteiger partial charge in [-0.3, -0.25) is 9.59 Å². The van der Waals surface area contributed by atoms with Gasteiger partial charge in [0.15, 0.2) is 0 Å². The molecule has 0 saturated heterocycles. The average molecular weight is 242 g/mol. The molecule has 17 heavy (non-hydrogen) atoms. The lowest BCUT2D eigenvalue weighted by atomic mass is 10.2. The monoisotopic (exact) mass is 242 g/mol. The van der Waals surface area contributed by atoms with Crippen LogP contribution in [-0.4, -0.2) is 42.1 Å². The summed E-state index contributed by atoms with van der Waals surface area (Å²) in [5.74, 6) is 0.0841. The van der Waals surface area contributed by atoms with Crippen molar-refractivity contribution in [3.8, 4) is 0 Å². The first kappa shape index (κ1) is 15.6. The van der Waals surface area contributed by atoms with E-state index in [4.69, 9.17) is 0 Å². The summed E-state index contributed by atoms with van der Waals surface area (Å²) < 4.78 is 0. The molecule has 98 valence electrons. The first-order valence-electron chi connectivity index (χ1n) is 5.93. The molecule has 2 amide bonds. The Balaban J connectivity index is 3.79. The summed E-state index contributed by atoms with van der Waals surface area (Å²) in [6.07, 6.45) is 2.19. The number of carbonyl (C=O) groups is 3. The van der Waals surface area contributed by atoms with Crippen molar-refractivity contribution >= 4 is 17.6 Å². The number of hydrogen-bond donors (Lipinski definition) is 1. The van der Waals surface area contributed by atoms with Crippen molar-refractivity contribution in [3.05, 3.63) is 0 Å². The third-order valence-corrected chi connectivity index (χ3v) is 2.41. The van der Waals surface area contributed by atoms with E-state index in [2.05, 4.69) is 5.32 Å². The standard InChI is InChI=1S/C12H22N2O3/c1-10(15)6-4-5-8-14(12(3)17)9-7-13-11(2)16/h4-9H2,1-3H3,(H,13,16). The molecule has 0 aromatic rings. The summed E-state index contributed by atoms with van der Waals surface area (Å²) in [7, 11) is 0. The molecule has 0 rings (SSSR count). The van der Waals surface area contributed by atoms with Gasteiger partial charge in [0.25, 0.3) is 0 Å². The normalized spacial score (nSPS) is 9.82. The Labute approximate surface area is 103 Å². The van der Waals surface area contributed by atoms with Crippen LogP contribution in [0.15, 0.2) is 0 Å². The molecule has 0 bridgehead atoms. The highest BCUT2D eigenvalue weighted by Gasteiger charge is 2.08. The molecule has 5 nitrogen and oxygen atoms in total. The zero-order valence-corrected chi connectivity index (χ0v) is 10.9. The topological polar surface area (TPSA) is 66.5 Å². The van der Waals surface area contributed by atoms with E-state index < -0.39 is 0 Å². The van der Waals surface area contributed by atoms with Crippen molar-refractivity contribution in [3.63, 3.8) is 0 Å². The van der Waals surface area contributed by atoms with Crippen molar-refractivity contribution < 1.29 is 14.4 Å². The molecule has 5 heteroatoms. The number of nitrogens with zero attached hydrogens (tertiary/aromatic N) is 1. The van der Waals surface area contributed by atoms with Gasteiger partial charge in [-0.25, -0.2) is 0 Å². The van der Waals surface area contributed by atoms with Crippen LogP contribution in [0.5, 0.6) is 0 Å². The molecule has 0 aromatic heterocycles. The van der Waals surface area contributed by atoms with Crippen LogP contribution >= 0.6 is 0 Å². The molecule has 0 fully saturated rings. The Hall–Kier alpha value is -1.39. The summed E-state index contributed by atoms with van der Waals surface area (Å²) in [5.41, 5.74) is 0. The van der Waals surface area contributed by atoms with Crippen LogP contribution in [-0.2, 0) is 14.4 Å². The maximum absolute atomic E-state index is 11.3. The van der Waals surface area contributed by atoms with Crippen LogP contribution in [0, 0.1) is 0 Å². The van der Waals surface area contributed by atoms with Gasteiger partial charge >= 0.3 is 0 Å². The number of carbonyl (C=O) groups excluding carboxylic acids is 3.